The highest BCUT2D eigenvalue weighted by atomic mass is 16.6. The number of hydrogen-bond donors (Lipinski definition) is 2. The number of hydrogen-bond acceptors (Lipinski definition) is 5. The van der Waals surface area contributed by atoms with Crippen LogP contribution >= 0.6 is 0 Å². The smallest absolute Gasteiger partial charge is 0.394 e. The van der Waals surface area contributed by atoms with Gasteiger partial charge in [-0.25, -0.2) is 0 Å². The molecule has 0 aliphatic heterocycles. The number of aryl methyl sites for hydroxylation is 1. The number of aromatic nitrogens is 2. The number of rotatable bonds is 4. The highest BCUT2D eigenvalue weighted by molar-refractivity contribution is 5.56. The van der Waals surface area contributed by atoms with E-state index in [1.54, 1.807) is 18.5 Å². The van der Waals surface area contributed by atoms with Gasteiger partial charge in [0.1, 0.15) is 0 Å². The van der Waals surface area contributed by atoms with Crippen molar-refractivity contribution < 1.29 is 10.0 Å². The van der Waals surface area contributed by atoms with Gasteiger partial charge in [-0.1, -0.05) is 0 Å². The quantitative estimate of drug-likeness (QED) is 0.578. The summed E-state index contributed by atoms with van der Waals surface area (Å²) >= 11 is 0. The van der Waals surface area contributed by atoms with Crippen molar-refractivity contribution >= 4 is 11.6 Å². The van der Waals surface area contributed by atoms with E-state index in [1.807, 2.05) is 0 Å². The molecule has 7 heteroatoms. The molecule has 7 nitrogen and oxygen atoms in total. The maximum atomic E-state index is 10.8. The van der Waals surface area contributed by atoms with E-state index in [-0.39, 0.29) is 18.0 Å². The second kappa shape index (κ2) is 3.44. The van der Waals surface area contributed by atoms with Crippen LogP contribution < -0.4 is 5.32 Å². The predicted molar refractivity (Wildman–Crippen MR) is 57.3 cm³/mol. The Labute approximate surface area is 92.3 Å². The van der Waals surface area contributed by atoms with Crippen LogP contribution in [0.3, 0.4) is 0 Å². The minimum absolute atomic E-state index is 0.0195. The standard InChI is InChI=1S/C9H14N4O3/c1-6-10-7(13(15)16)8(12(6)2)11-9(5-14)3-4-9/h11,14H,3-5H2,1-2H3. The molecule has 0 radical (unpaired) electrons. The Morgan fingerprint density at radius 2 is 2.31 bits per heavy atom. The molecule has 1 fully saturated rings. The lowest BCUT2D eigenvalue weighted by Gasteiger charge is -2.15. The fraction of sp³-hybridized carbons (Fsp3) is 0.667. The van der Waals surface area contributed by atoms with Gasteiger partial charge in [-0.05, 0) is 22.7 Å². The van der Waals surface area contributed by atoms with Crippen molar-refractivity contribution in [2.45, 2.75) is 25.3 Å². The summed E-state index contributed by atoms with van der Waals surface area (Å²) in [5.41, 5.74) is -0.384. The molecule has 0 unspecified atom stereocenters. The summed E-state index contributed by atoms with van der Waals surface area (Å²) in [5.74, 6) is 0.761. The molecule has 2 N–H and O–H groups in total. The van der Waals surface area contributed by atoms with Crippen LogP contribution in [0.15, 0.2) is 0 Å². The number of nitrogens with one attached hydrogen (secondary N) is 1. The molecule has 0 atom stereocenters. The normalized spacial score (nSPS) is 17.2. The van der Waals surface area contributed by atoms with Crippen LogP contribution in [0.5, 0.6) is 0 Å². The van der Waals surface area contributed by atoms with Gasteiger partial charge in [-0.15, -0.1) is 0 Å². The second-order valence-corrected chi connectivity index (χ2v) is 4.21. The Bertz CT molecular complexity index is 436. The van der Waals surface area contributed by atoms with Crippen molar-refractivity contribution in [2.24, 2.45) is 7.05 Å². The monoisotopic (exact) mass is 226 g/mol. The highest BCUT2D eigenvalue weighted by Gasteiger charge is 2.44. The van der Waals surface area contributed by atoms with Gasteiger partial charge in [0.15, 0.2) is 0 Å². The fourth-order valence-electron chi connectivity index (χ4n) is 1.58. The van der Waals surface area contributed by atoms with Crippen molar-refractivity contribution in [3.63, 3.8) is 0 Å². The number of imidazole rings is 1. The third-order valence-electron chi connectivity index (χ3n) is 3.01. The zero-order valence-corrected chi connectivity index (χ0v) is 9.23. The van der Waals surface area contributed by atoms with Crippen molar-refractivity contribution in [1.29, 1.82) is 0 Å². The van der Waals surface area contributed by atoms with Gasteiger partial charge in [-0.2, -0.15) is 0 Å². The lowest BCUT2D eigenvalue weighted by atomic mass is 10.3. The number of aliphatic hydroxyl groups excluding tert-OH is 1. The first kappa shape index (κ1) is 10.9. The van der Waals surface area contributed by atoms with Gasteiger partial charge >= 0.3 is 5.82 Å². The molecule has 1 aromatic heterocycles. The zero-order valence-electron chi connectivity index (χ0n) is 9.23. The SMILES string of the molecule is Cc1nc([N+](=O)[O-])c(NC2(CO)CC2)n1C. The first-order valence-electron chi connectivity index (χ1n) is 5.06. The highest BCUT2D eigenvalue weighted by Crippen LogP contribution is 2.40. The summed E-state index contributed by atoms with van der Waals surface area (Å²) in [7, 11) is 1.71. The molecular formula is C9H14N4O3. The van der Waals surface area contributed by atoms with Gasteiger partial charge in [-0.3, -0.25) is 4.57 Å². The van der Waals surface area contributed by atoms with Crippen molar-refractivity contribution in [3.8, 4) is 0 Å². The topological polar surface area (TPSA) is 93.2 Å². The predicted octanol–water partition coefficient (Wildman–Crippen LogP) is 0.574. The summed E-state index contributed by atoms with van der Waals surface area (Å²) in [6, 6.07) is 0. The van der Waals surface area contributed by atoms with Crippen LogP contribution in [0.2, 0.25) is 0 Å². The molecule has 16 heavy (non-hydrogen) atoms. The lowest BCUT2D eigenvalue weighted by Crippen LogP contribution is -2.27. The van der Waals surface area contributed by atoms with E-state index in [1.165, 1.54) is 0 Å². The number of aliphatic hydroxyl groups is 1. The summed E-state index contributed by atoms with van der Waals surface area (Å²) in [5, 5.41) is 23.0. The van der Waals surface area contributed by atoms with Crippen molar-refractivity contribution in [3.05, 3.63) is 15.9 Å². The molecule has 1 aliphatic carbocycles. The van der Waals surface area contributed by atoms with Crippen LogP contribution in [-0.2, 0) is 7.05 Å². The molecular weight excluding hydrogens is 212 g/mol. The average Bonchev–Trinajstić information content (AvgIpc) is 2.96. The average molecular weight is 226 g/mol. The first-order valence-corrected chi connectivity index (χ1v) is 5.06. The maximum Gasteiger partial charge on any atom is 0.406 e. The Balaban J connectivity index is 2.35. The molecule has 0 spiro atoms. The molecule has 0 bridgehead atoms. The Kier molecular flexibility index (Phi) is 2.34. The van der Waals surface area contributed by atoms with E-state index < -0.39 is 4.92 Å². The number of anilines is 1. The Morgan fingerprint density at radius 1 is 1.69 bits per heavy atom. The van der Waals surface area contributed by atoms with E-state index in [4.69, 9.17) is 0 Å². The summed E-state index contributed by atoms with van der Waals surface area (Å²) in [6.45, 7) is 1.69. The third kappa shape index (κ3) is 1.63. The number of nitrogens with zero attached hydrogens (tertiary/aromatic N) is 3. The van der Waals surface area contributed by atoms with Crippen LogP contribution in [0.25, 0.3) is 0 Å². The van der Waals surface area contributed by atoms with Gasteiger partial charge < -0.3 is 20.5 Å². The van der Waals surface area contributed by atoms with Crippen LogP contribution in [0, 0.1) is 17.0 Å². The lowest BCUT2D eigenvalue weighted by molar-refractivity contribution is -0.388. The zero-order chi connectivity index (χ0) is 11.9. The van der Waals surface area contributed by atoms with Gasteiger partial charge in [0, 0.05) is 14.0 Å². The van der Waals surface area contributed by atoms with Gasteiger partial charge in [0.2, 0.25) is 11.6 Å². The molecule has 1 saturated carbocycles. The Morgan fingerprint density at radius 3 is 2.75 bits per heavy atom. The van der Waals surface area contributed by atoms with E-state index in [0.717, 1.165) is 12.8 Å². The minimum atomic E-state index is -0.511. The third-order valence-corrected chi connectivity index (χ3v) is 3.01. The largest absolute Gasteiger partial charge is 0.406 e. The fourth-order valence-corrected chi connectivity index (χ4v) is 1.58. The van der Waals surface area contributed by atoms with Crippen molar-refractivity contribution in [1.82, 2.24) is 9.55 Å². The molecule has 0 amide bonds. The first-order chi connectivity index (χ1) is 7.49. The van der Waals surface area contributed by atoms with E-state index >= 15 is 0 Å². The minimum Gasteiger partial charge on any atom is -0.394 e. The van der Waals surface area contributed by atoms with E-state index in [0.29, 0.717) is 11.6 Å². The van der Waals surface area contributed by atoms with Crippen molar-refractivity contribution in [2.75, 3.05) is 11.9 Å². The number of nitro groups is 1. The van der Waals surface area contributed by atoms with E-state index in [9.17, 15) is 15.2 Å². The van der Waals surface area contributed by atoms with Gasteiger partial charge in [0.25, 0.3) is 0 Å². The summed E-state index contributed by atoms with van der Waals surface area (Å²) in [4.78, 5) is 14.2. The molecule has 1 aromatic rings. The molecule has 1 heterocycles. The van der Waals surface area contributed by atoms with Crippen LogP contribution in [0.4, 0.5) is 11.6 Å². The summed E-state index contributed by atoms with van der Waals surface area (Å²) < 4.78 is 1.63. The van der Waals surface area contributed by atoms with Crippen LogP contribution in [-0.4, -0.2) is 31.7 Å². The Hall–Kier alpha value is -1.63. The van der Waals surface area contributed by atoms with Gasteiger partial charge in [0.05, 0.1) is 12.1 Å². The molecule has 1 aliphatic rings. The molecule has 2 rings (SSSR count). The summed E-state index contributed by atoms with van der Waals surface area (Å²) in [6.07, 6.45) is 1.65. The molecule has 0 aromatic carbocycles. The molecule has 0 saturated heterocycles. The second-order valence-electron chi connectivity index (χ2n) is 4.21. The van der Waals surface area contributed by atoms with Crippen LogP contribution in [0.1, 0.15) is 18.7 Å². The van der Waals surface area contributed by atoms with E-state index in [2.05, 4.69) is 10.3 Å². The maximum absolute atomic E-state index is 10.8. The molecule has 88 valence electrons.